The second-order valence-electron chi connectivity index (χ2n) is 2.59. The first-order valence-electron chi connectivity index (χ1n) is 3.56. The summed E-state index contributed by atoms with van der Waals surface area (Å²) in [5.74, 6) is 0.0612. The first-order chi connectivity index (χ1) is 6.00. The lowest BCUT2D eigenvalue weighted by molar-refractivity contribution is 1.33. The van der Waals surface area contributed by atoms with Gasteiger partial charge in [0, 0.05) is 8.95 Å². The molecule has 13 heavy (non-hydrogen) atoms. The Morgan fingerprint density at radius 1 is 1.31 bits per heavy atom. The third-order valence-corrected chi connectivity index (χ3v) is 2.52. The van der Waals surface area contributed by atoms with Crippen LogP contribution in [0.3, 0.4) is 0 Å². The normalized spacial score (nSPS) is 9.77. The van der Waals surface area contributed by atoms with Gasteiger partial charge in [-0.05, 0) is 40.5 Å². The van der Waals surface area contributed by atoms with Crippen LogP contribution in [0.1, 0.15) is 5.56 Å². The van der Waals surface area contributed by atoms with Crippen molar-refractivity contribution in [3.05, 3.63) is 26.6 Å². The van der Waals surface area contributed by atoms with Gasteiger partial charge in [-0.25, -0.2) is 4.99 Å². The molecule has 0 spiro atoms. The molecule has 0 radical (unpaired) electrons. The quantitative estimate of drug-likeness (QED) is 0.618. The highest BCUT2D eigenvalue weighted by atomic mass is 79.9. The molecule has 5 heteroatoms. The molecule has 0 atom stereocenters. The van der Waals surface area contributed by atoms with E-state index in [1.54, 1.807) is 0 Å². The summed E-state index contributed by atoms with van der Waals surface area (Å²) < 4.78 is 1.86. The van der Waals surface area contributed by atoms with Gasteiger partial charge in [-0.15, -0.1) is 0 Å². The smallest absolute Gasteiger partial charge is 0.191 e. The number of guanidine groups is 1. The topological polar surface area (TPSA) is 64.4 Å². The zero-order chi connectivity index (χ0) is 10.0. The molecule has 0 heterocycles. The Hall–Kier alpha value is -0.550. The third kappa shape index (κ3) is 2.70. The number of rotatable bonds is 1. The molecule has 1 rings (SSSR count). The van der Waals surface area contributed by atoms with Crippen LogP contribution < -0.4 is 11.5 Å². The molecule has 0 saturated heterocycles. The molecular formula is C8H9Br2N3. The van der Waals surface area contributed by atoms with Crippen LogP contribution in [0.25, 0.3) is 0 Å². The van der Waals surface area contributed by atoms with Crippen molar-refractivity contribution in [3.63, 3.8) is 0 Å². The summed E-state index contributed by atoms with van der Waals surface area (Å²) in [6, 6.07) is 3.85. The largest absolute Gasteiger partial charge is 0.370 e. The summed E-state index contributed by atoms with van der Waals surface area (Å²) in [5.41, 5.74) is 12.4. The standard InChI is InChI=1S/C8H9Br2N3/c1-4-2-5(9)3-6(10)7(4)13-8(11)12/h2-3H,1H3,(H4,11,12,13). The van der Waals surface area contributed by atoms with Crippen LogP contribution in [-0.4, -0.2) is 5.96 Å². The number of benzene rings is 1. The summed E-state index contributed by atoms with van der Waals surface area (Å²) in [6.07, 6.45) is 0. The summed E-state index contributed by atoms with van der Waals surface area (Å²) in [4.78, 5) is 4.00. The molecule has 0 bridgehead atoms. The Labute approximate surface area is 93.5 Å². The van der Waals surface area contributed by atoms with E-state index in [0.29, 0.717) is 0 Å². The molecule has 0 aliphatic carbocycles. The molecule has 70 valence electrons. The zero-order valence-corrected chi connectivity index (χ0v) is 10.2. The monoisotopic (exact) mass is 305 g/mol. The first-order valence-corrected chi connectivity index (χ1v) is 5.14. The molecule has 3 nitrogen and oxygen atoms in total. The number of hydrogen-bond donors (Lipinski definition) is 2. The summed E-state index contributed by atoms with van der Waals surface area (Å²) in [5, 5.41) is 0. The van der Waals surface area contributed by atoms with Crippen LogP contribution in [-0.2, 0) is 0 Å². The number of halogens is 2. The third-order valence-electron chi connectivity index (χ3n) is 1.46. The van der Waals surface area contributed by atoms with Gasteiger partial charge in [0.1, 0.15) is 0 Å². The highest BCUT2D eigenvalue weighted by molar-refractivity contribution is 9.11. The van der Waals surface area contributed by atoms with E-state index in [-0.39, 0.29) is 5.96 Å². The second-order valence-corrected chi connectivity index (χ2v) is 4.36. The number of nitrogens with two attached hydrogens (primary N) is 2. The number of nitrogens with zero attached hydrogens (tertiary/aromatic N) is 1. The Balaban J connectivity index is 3.29. The van der Waals surface area contributed by atoms with Crippen molar-refractivity contribution >= 4 is 43.5 Å². The van der Waals surface area contributed by atoms with Gasteiger partial charge in [-0.2, -0.15) is 0 Å². The molecule has 1 aromatic carbocycles. The van der Waals surface area contributed by atoms with Gasteiger partial charge in [0.05, 0.1) is 5.69 Å². The first kappa shape index (κ1) is 10.5. The molecule has 0 aromatic heterocycles. The van der Waals surface area contributed by atoms with Gasteiger partial charge in [0.25, 0.3) is 0 Å². The predicted octanol–water partition coefficient (Wildman–Crippen LogP) is 2.42. The van der Waals surface area contributed by atoms with E-state index in [1.165, 1.54) is 0 Å². The predicted molar refractivity (Wildman–Crippen MR) is 62.0 cm³/mol. The summed E-state index contributed by atoms with van der Waals surface area (Å²) in [6.45, 7) is 1.94. The van der Waals surface area contributed by atoms with Crippen LogP contribution in [0.4, 0.5) is 5.69 Å². The maximum atomic E-state index is 5.30. The number of aliphatic imine (C=N–C) groups is 1. The van der Waals surface area contributed by atoms with Crippen molar-refractivity contribution in [3.8, 4) is 0 Å². The van der Waals surface area contributed by atoms with E-state index in [2.05, 4.69) is 36.9 Å². The van der Waals surface area contributed by atoms with Crippen LogP contribution in [0, 0.1) is 6.92 Å². The zero-order valence-electron chi connectivity index (χ0n) is 7.01. The van der Waals surface area contributed by atoms with Gasteiger partial charge in [-0.3, -0.25) is 0 Å². The molecule has 0 saturated carbocycles. The minimum atomic E-state index is 0.0612. The Morgan fingerprint density at radius 2 is 1.92 bits per heavy atom. The average molecular weight is 307 g/mol. The van der Waals surface area contributed by atoms with Gasteiger partial charge >= 0.3 is 0 Å². The lowest BCUT2D eigenvalue weighted by Gasteiger charge is -2.04. The molecule has 1 aromatic rings. The van der Waals surface area contributed by atoms with Gasteiger partial charge in [-0.1, -0.05) is 15.9 Å². The van der Waals surface area contributed by atoms with Crippen LogP contribution in [0.2, 0.25) is 0 Å². The van der Waals surface area contributed by atoms with Crippen LogP contribution in [0.15, 0.2) is 26.1 Å². The van der Waals surface area contributed by atoms with E-state index in [4.69, 9.17) is 11.5 Å². The Bertz CT molecular complexity index is 333. The number of aryl methyl sites for hydroxylation is 1. The highest BCUT2D eigenvalue weighted by Gasteiger charge is 2.03. The van der Waals surface area contributed by atoms with Crippen molar-refractivity contribution in [1.82, 2.24) is 0 Å². The van der Waals surface area contributed by atoms with Crippen molar-refractivity contribution in [2.24, 2.45) is 16.5 Å². The van der Waals surface area contributed by atoms with Crippen LogP contribution >= 0.6 is 31.9 Å². The molecule has 0 aliphatic heterocycles. The van der Waals surface area contributed by atoms with E-state index in [9.17, 15) is 0 Å². The maximum Gasteiger partial charge on any atom is 0.191 e. The number of hydrogen-bond acceptors (Lipinski definition) is 1. The molecule has 0 unspecified atom stereocenters. The fourth-order valence-electron chi connectivity index (χ4n) is 0.965. The summed E-state index contributed by atoms with van der Waals surface area (Å²) >= 11 is 6.75. The van der Waals surface area contributed by atoms with Crippen LogP contribution in [0.5, 0.6) is 0 Å². The Kier molecular flexibility index (Phi) is 3.33. The van der Waals surface area contributed by atoms with Gasteiger partial charge < -0.3 is 11.5 Å². The van der Waals surface area contributed by atoms with Crippen molar-refractivity contribution in [2.45, 2.75) is 6.92 Å². The average Bonchev–Trinajstić information content (AvgIpc) is 1.96. The van der Waals surface area contributed by atoms with E-state index in [0.717, 1.165) is 20.2 Å². The minimum absolute atomic E-state index is 0.0612. The fourth-order valence-corrected chi connectivity index (χ4v) is 2.49. The molecule has 0 fully saturated rings. The van der Waals surface area contributed by atoms with Crippen molar-refractivity contribution in [2.75, 3.05) is 0 Å². The lowest BCUT2D eigenvalue weighted by Crippen LogP contribution is -2.22. The van der Waals surface area contributed by atoms with Gasteiger partial charge in [0.2, 0.25) is 0 Å². The maximum absolute atomic E-state index is 5.30. The van der Waals surface area contributed by atoms with E-state index < -0.39 is 0 Å². The second kappa shape index (κ2) is 4.11. The molecule has 0 amide bonds. The SMILES string of the molecule is Cc1cc(Br)cc(Br)c1N=C(N)N. The molecule has 4 N–H and O–H groups in total. The highest BCUT2D eigenvalue weighted by Crippen LogP contribution is 2.32. The van der Waals surface area contributed by atoms with E-state index >= 15 is 0 Å². The van der Waals surface area contributed by atoms with Gasteiger partial charge in [0.15, 0.2) is 5.96 Å². The summed E-state index contributed by atoms with van der Waals surface area (Å²) in [7, 11) is 0. The van der Waals surface area contributed by atoms with Crippen molar-refractivity contribution < 1.29 is 0 Å². The van der Waals surface area contributed by atoms with E-state index in [1.807, 2.05) is 19.1 Å². The lowest BCUT2D eigenvalue weighted by atomic mass is 10.2. The minimum Gasteiger partial charge on any atom is -0.370 e. The molecule has 0 aliphatic rings. The molecular weight excluding hydrogens is 298 g/mol. The Morgan fingerprint density at radius 3 is 2.38 bits per heavy atom. The fraction of sp³-hybridized carbons (Fsp3) is 0.125. The van der Waals surface area contributed by atoms with Crippen molar-refractivity contribution in [1.29, 1.82) is 0 Å².